The van der Waals surface area contributed by atoms with E-state index in [1.807, 2.05) is 13.8 Å². The van der Waals surface area contributed by atoms with Gasteiger partial charge in [-0.1, -0.05) is 73.4 Å². The van der Waals surface area contributed by atoms with Gasteiger partial charge in [-0.05, 0) is 53.1 Å². The third-order valence-corrected chi connectivity index (χ3v) is 11.2. The quantitative estimate of drug-likeness (QED) is 0.178. The van der Waals surface area contributed by atoms with Crippen molar-refractivity contribution in [2.75, 3.05) is 12.8 Å². The molecule has 264 valence electrons. The van der Waals surface area contributed by atoms with Gasteiger partial charge in [0.05, 0.1) is 17.0 Å². The molecule has 0 aromatic heterocycles. The summed E-state index contributed by atoms with van der Waals surface area (Å²) in [5.74, 6) is -3.74. The number of Topliss-reactive ketones (excluding diaryl/α,β-unsaturated/α-hetero) is 2. The van der Waals surface area contributed by atoms with Crippen LogP contribution in [0.15, 0.2) is 29.2 Å². The lowest BCUT2D eigenvalue weighted by molar-refractivity contribution is -0.145. The number of hydrogen-bond donors (Lipinski definition) is 4. The van der Waals surface area contributed by atoms with Crippen molar-refractivity contribution in [1.29, 1.82) is 0 Å². The van der Waals surface area contributed by atoms with Gasteiger partial charge in [-0.2, -0.15) is 0 Å². The SMILES string of the molecule is CC(C)[C@H](NC(=O)N[C@H](C(=O)N1C[C@H]2[C@@H]([C@H]1C(=O)NC(CC1CC1)C(=O)C(N)=O)C2(C)C)C(C)(C)C)C(=O)c1ccc(S(C)(=O)=O)cc1. The average molecular weight is 688 g/mol. The Morgan fingerprint density at radius 3 is 2.04 bits per heavy atom. The van der Waals surface area contributed by atoms with Gasteiger partial charge in [0.1, 0.15) is 12.1 Å². The summed E-state index contributed by atoms with van der Waals surface area (Å²) < 4.78 is 23.7. The van der Waals surface area contributed by atoms with E-state index in [1.165, 1.54) is 29.2 Å². The van der Waals surface area contributed by atoms with E-state index < -0.39 is 74.7 Å². The van der Waals surface area contributed by atoms with Crippen molar-refractivity contribution in [3.63, 3.8) is 0 Å². The minimum absolute atomic E-state index is 0.0254. The van der Waals surface area contributed by atoms with E-state index in [0.29, 0.717) is 6.42 Å². The van der Waals surface area contributed by atoms with Crippen LogP contribution in [0.1, 0.15) is 78.1 Å². The molecule has 14 heteroatoms. The number of nitrogens with two attached hydrogens (primary N) is 1. The van der Waals surface area contributed by atoms with Crippen molar-refractivity contribution in [2.24, 2.45) is 40.2 Å². The van der Waals surface area contributed by atoms with Gasteiger partial charge in [0.25, 0.3) is 5.91 Å². The molecule has 48 heavy (non-hydrogen) atoms. The number of fused-ring (bicyclic) bond motifs is 1. The molecule has 1 saturated heterocycles. The molecule has 2 aliphatic carbocycles. The molecule has 6 atom stereocenters. The molecule has 5 amide bonds. The van der Waals surface area contributed by atoms with E-state index in [-0.39, 0.29) is 46.1 Å². The number of hydrogen-bond acceptors (Lipinski definition) is 8. The summed E-state index contributed by atoms with van der Waals surface area (Å²) in [7, 11) is -3.46. The zero-order chi connectivity index (χ0) is 36.1. The topological polar surface area (TPSA) is 202 Å². The molecule has 13 nitrogen and oxygen atoms in total. The molecule has 1 heterocycles. The number of piperidine rings is 1. The van der Waals surface area contributed by atoms with Crippen molar-refractivity contribution in [3.05, 3.63) is 29.8 Å². The molecule has 0 radical (unpaired) electrons. The number of rotatable bonds is 13. The summed E-state index contributed by atoms with van der Waals surface area (Å²) in [4.78, 5) is 80.9. The Labute approximate surface area is 282 Å². The van der Waals surface area contributed by atoms with Crippen LogP contribution in [0.5, 0.6) is 0 Å². The second-order valence-corrected chi connectivity index (χ2v) is 17.7. The van der Waals surface area contributed by atoms with Gasteiger partial charge in [0.15, 0.2) is 15.6 Å². The minimum atomic E-state index is -3.46. The number of urea groups is 1. The fourth-order valence-electron chi connectivity index (χ4n) is 6.87. The molecule has 2 saturated carbocycles. The first-order valence-corrected chi connectivity index (χ1v) is 18.3. The highest BCUT2D eigenvalue weighted by Gasteiger charge is 2.70. The highest BCUT2D eigenvalue weighted by atomic mass is 32.2. The van der Waals surface area contributed by atoms with Crippen molar-refractivity contribution in [1.82, 2.24) is 20.9 Å². The van der Waals surface area contributed by atoms with E-state index in [2.05, 4.69) is 16.0 Å². The molecule has 1 aromatic carbocycles. The summed E-state index contributed by atoms with van der Waals surface area (Å²) in [5, 5.41) is 8.18. The number of nitrogens with zero attached hydrogens (tertiary/aromatic N) is 1. The lowest BCUT2D eigenvalue weighted by atomic mass is 9.85. The smallest absolute Gasteiger partial charge is 0.316 e. The Morgan fingerprint density at radius 2 is 1.56 bits per heavy atom. The number of ketones is 2. The lowest BCUT2D eigenvalue weighted by Gasteiger charge is -2.38. The highest BCUT2D eigenvalue weighted by molar-refractivity contribution is 7.90. The van der Waals surface area contributed by atoms with E-state index in [0.717, 1.165) is 19.1 Å². The molecular formula is C34H49N5O8S. The average Bonchev–Trinajstić information content (AvgIpc) is 3.83. The standard InChI is InChI=1S/C34H49N5O8S/c1-17(2)24(26(40)19-11-13-20(14-12-19)48(8,46)47)37-32(45)38-28(33(3,4)5)31(44)39-16-21-23(34(21,6)7)25(39)30(43)36-22(15-18-9-10-18)27(41)29(35)42/h11-14,17-18,21-25,28H,9-10,15-16H2,1-8H3,(H2,35,42)(H,36,43)(H2,37,38,45)/t21-,22?,23-,24-,25-,28+/m0/s1. The number of benzene rings is 1. The molecular weight excluding hydrogens is 638 g/mol. The minimum Gasteiger partial charge on any atom is -0.363 e. The van der Waals surface area contributed by atoms with Gasteiger partial charge in [-0.15, -0.1) is 0 Å². The zero-order valence-corrected chi connectivity index (χ0v) is 29.8. The molecule has 0 spiro atoms. The first-order valence-electron chi connectivity index (χ1n) is 16.4. The van der Waals surface area contributed by atoms with Gasteiger partial charge in [0, 0.05) is 18.4 Å². The van der Waals surface area contributed by atoms with Crippen LogP contribution < -0.4 is 21.7 Å². The van der Waals surface area contributed by atoms with E-state index in [1.54, 1.807) is 34.6 Å². The maximum atomic E-state index is 14.3. The third kappa shape index (κ3) is 7.90. The fourth-order valence-corrected chi connectivity index (χ4v) is 7.50. The maximum absolute atomic E-state index is 14.3. The second kappa shape index (κ2) is 13.2. The Hall–Kier alpha value is -3.81. The zero-order valence-electron chi connectivity index (χ0n) is 29.0. The lowest BCUT2D eigenvalue weighted by Crippen LogP contribution is -2.62. The van der Waals surface area contributed by atoms with Crippen LogP contribution in [0, 0.1) is 34.5 Å². The molecule has 1 aromatic rings. The summed E-state index contributed by atoms with van der Waals surface area (Å²) in [6.07, 6.45) is 3.15. The van der Waals surface area contributed by atoms with Crippen LogP contribution in [0.2, 0.25) is 0 Å². The fraction of sp³-hybridized carbons (Fsp3) is 0.647. The molecule has 1 aliphatic heterocycles. The maximum Gasteiger partial charge on any atom is 0.316 e. The van der Waals surface area contributed by atoms with Crippen LogP contribution in [-0.2, 0) is 29.0 Å². The number of nitrogens with one attached hydrogen (secondary N) is 3. The van der Waals surface area contributed by atoms with Crippen molar-refractivity contribution in [3.8, 4) is 0 Å². The number of sulfone groups is 1. The summed E-state index contributed by atoms with van der Waals surface area (Å²) in [6.45, 7) is 13.1. The van der Waals surface area contributed by atoms with E-state index >= 15 is 0 Å². The van der Waals surface area contributed by atoms with Gasteiger partial charge >= 0.3 is 6.03 Å². The van der Waals surface area contributed by atoms with Crippen LogP contribution >= 0.6 is 0 Å². The van der Waals surface area contributed by atoms with Gasteiger partial charge in [-0.25, -0.2) is 13.2 Å². The van der Waals surface area contributed by atoms with E-state index in [4.69, 9.17) is 5.73 Å². The molecule has 5 N–H and O–H groups in total. The largest absolute Gasteiger partial charge is 0.363 e. The summed E-state index contributed by atoms with van der Waals surface area (Å²) >= 11 is 0. The van der Waals surface area contributed by atoms with Crippen molar-refractivity contribution in [2.45, 2.75) is 96.8 Å². The van der Waals surface area contributed by atoms with Crippen LogP contribution in [0.4, 0.5) is 4.79 Å². The molecule has 3 fully saturated rings. The summed E-state index contributed by atoms with van der Waals surface area (Å²) in [6, 6.07) is 0.617. The second-order valence-electron chi connectivity index (χ2n) is 15.7. The molecule has 4 rings (SSSR count). The first kappa shape index (κ1) is 37.0. The number of likely N-dealkylation sites (tertiary alicyclic amines) is 1. The Balaban J connectivity index is 1.52. The van der Waals surface area contributed by atoms with Gasteiger partial charge in [0.2, 0.25) is 17.6 Å². The van der Waals surface area contributed by atoms with Crippen molar-refractivity contribution >= 4 is 45.2 Å². The normalized spacial score (nSPS) is 23.4. The van der Waals surface area contributed by atoms with Crippen LogP contribution in [-0.4, -0.2) is 85.6 Å². The van der Waals surface area contributed by atoms with Gasteiger partial charge in [-0.3, -0.25) is 24.0 Å². The number of carbonyl (C=O) groups is 6. The Bertz CT molecular complexity index is 1590. The first-order chi connectivity index (χ1) is 22.0. The Kier molecular flexibility index (Phi) is 10.2. The van der Waals surface area contributed by atoms with Crippen molar-refractivity contribution < 1.29 is 37.2 Å². The van der Waals surface area contributed by atoms with Gasteiger partial charge < -0.3 is 26.6 Å². The molecule has 0 bridgehead atoms. The third-order valence-electron chi connectivity index (χ3n) is 10.1. The number of primary amides is 1. The predicted molar refractivity (Wildman–Crippen MR) is 177 cm³/mol. The van der Waals surface area contributed by atoms with Crippen LogP contribution in [0.25, 0.3) is 0 Å². The predicted octanol–water partition coefficient (Wildman–Crippen LogP) is 1.83. The Morgan fingerprint density at radius 1 is 0.979 bits per heavy atom. The molecule has 3 aliphatic rings. The number of carbonyl (C=O) groups excluding carboxylic acids is 6. The monoisotopic (exact) mass is 687 g/mol. The summed E-state index contributed by atoms with van der Waals surface area (Å²) in [5.41, 5.74) is 4.45. The van der Waals surface area contributed by atoms with Crippen LogP contribution in [0.3, 0.4) is 0 Å². The highest BCUT2D eigenvalue weighted by Crippen LogP contribution is 2.65. The number of amides is 5. The van der Waals surface area contributed by atoms with E-state index in [9.17, 15) is 37.2 Å². The molecule has 1 unspecified atom stereocenters.